The Morgan fingerprint density at radius 3 is 2.52 bits per heavy atom. The zero-order valence-electron chi connectivity index (χ0n) is 15.8. The summed E-state index contributed by atoms with van der Waals surface area (Å²) in [7, 11) is 1.55. The molecule has 0 atom stereocenters. The predicted molar refractivity (Wildman–Crippen MR) is 103 cm³/mol. The van der Waals surface area contributed by atoms with Crippen molar-refractivity contribution >= 4 is 23.7 Å². The number of aryl methyl sites for hydroxylation is 1. The number of methoxy groups -OCH3 is 1. The molecule has 6 nitrogen and oxygen atoms in total. The van der Waals surface area contributed by atoms with Crippen LogP contribution < -0.4 is 15.5 Å². The number of amides is 2. The van der Waals surface area contributed by atoms with Gasteiger partial charge in [-0.05, 0) is 42.3 Å². The van der Waals surface area contributed by atoms with E-state index in [2.05, 4.69) is 15.8 Å². The quantitative estimate of drug-likeness (QED) is 0.540. The van der Waals surface area contributed by atoms with Crippen LogP contribution in [0.1, 0.15) is 29.5 Å². The molecule has 0 bridgehead atoms. The number of carbonyl (C=O) groups excluding carboxylic acids is 2. The van der Waals surface area contributed by atoms with Crippen molar-refractivity contribution in [3.63, 3.8) is 0 Å². The van der Waals surface area contributed by atoms with Crippen LogP contribution in [0.25, 0.3) is 0 Å². The average Bonchev–Trinajstić information content (AvgIpc) is 2.67. The highest BCUT2D eigenvalue weighted by atomic mass is 19.4. The molecule has 0 fully saturated rings. The van der Waals surface area contributed by atoms with E-state index >= 15 is 0 Å². The van der Waals surface area contributed by atoms with E-state index < -0.39 is 23.6 Å². The first-order valence-electron chi connectivity index (χ1n) is 8.62. The SMILES string of the molecule is COc1cc(C=NNC(=O)CCC(=O)Nc2cccc(C(F)(F)F)c2)ccc1C. The third-order valence-corrected chi connectivity index (χ3v) is 3.89. The minimum atomic E-state index is -4.50. The zero-order valence-corrected chi connectivity index (χ0v) is 15.8. The number of anilines is 1. The maximum Gasteiger partial charge on any atom is 0.416 e. The lowest BCUT2D eigenvalue weighted by Gasteiger charge is -2.09. The van der Waals surface area contributed by atoms with E-state index in [0.29, 0.717) is 5.75 Å². The summed E-state index contributed by atoms with van der Waals surface area (Å²) < 4.78 is 43.2. The van der Waals surface area contributed by atoms with E-state index in [0.717, 1.165) is 23.3 Å². The molecule has 2 rings (SSSR count). The number of hydrazone groups is 1. The van der Waals surface area contributed by atoms with Crippen molar-refractivity contribution in [2.45, 2.75) is 25.9 Å². The molecule has 154 valence electrons. The number of hydrogen-bond donors (Lipinski definition) is 2. The van der Waals surface area contributed by atoms with Crippen LogP contribution in [0.2, 0.25) is 0 Å². The molecule has 0 saturated carbocycles. The molecule has 0 aliphatic carbocycles. The topological polar surface area (TPSA) is 79.8 Å². The van der Waals surface area contributed by atoms with Crippen LogP contribution in [0.15, 0.2) is 47.6 Å². The van der Waals surface area contributed by atoms with Crippen LogP contribution >= 0.6 is 0 Å². The second kappa shape index (κ2) is 9.72. The fourth-order valence-electron chi connectivity index (χ4n) is 2.38. The molecular formula is C20H20F3N3O3. The van der Waals surface area contributed by atoms with Crippen molar-refractivity contribution in [1.82, 2.24) is 5.43 Å². The van der Waals surface area contributed by atoms with E-state index in [9.17, 15) is 22.8 Å². The molecule has 2 amide bonds. The van der Waals surface area contributed by atoms with Gasteiger partial charge >= 0.3 is 6.18 Å². The second-order valence-electron chi connectivity index (χ2n) is 6.15. The van der Waals surface area contributed by atoms with Gasteiger partial charge in [0, 0.05) is 18.5 Å². The van der Waals surface area contributed by atoms with Gasteiger partial charge in [-0.3, -0.25) is 9.59 Å². The van der Waals surface area contributed by atoms with Gasteiger partial charge in [0.1, 0.15) is 5.75 Å². The number of ether oxygens (including phenoxy) is 1. The van der Waals surface area contributed by atoms with Crippen LogP contribution in [0.3, 0.4) is 0 Å². The van der Waals surface area contributed by atoms with Crippen molar-refractivity contribution in [1.29, 1.82) is 0 Å². The van der Waals surface area contributed by atoms with Crippen molar-refractivity contribution < 1.29 is 27.5 Å². The predicted octanol–water partition coefficient (Wildman–Crippen LogP) is 3.89. The fraction of sp³-hybridized carbons (Fsp3) is 0.250. The summed E-state index contributed by atoms with van der Waals surface area (Å²) in [5, 5.41) is 6.15. The number of hydrogen-bond acceptors (Lipinski definition) is 4. The highest BCUT2D eigenvalue weighted by Gasteiger charge is 2.30. The minimum absolute atomic E-state index is 0.0107. The first kappa shape index (κ1) is 21.9. The zero-order chi connectivity index (χ0) is 21.4. The smallest absolute Gasteiger partial charge is 0.416 e. The second-order valence-corrected chi connectivity index (χ2v) is 6.15. The van der Waals surface area contributed by atoms with Gasteiger partial charge in [0.05, 0.1) is 18.9 Å². The number of rotatable bonds is 7. The molecule has 0 unspecified atom stereocenters. The molecule has 0 radical (unpaired) electrons. The van der Waals surface area contributed by atoms with Crippen LogP contribution in [0.5, 0.6) is 5.75 Å². The third-order valence-electron chi connectivity index (χ3n) is 3.89. The van der Waals surface area contributed by atoms with E-state index in [1.54, 1.807) is 19.2 Å². The van der Waals surface area contributed by atoms with Crippen LogP contribution in [-0.2, 0) is 15.8 Å². The highest BCUT2D eigenvalue weighted by Crippen LogP contribution is 2.30. The van der Waals surface area contributed by atoms with Gasteiger partial charge in [0.25, 0.3) is 0 Å². The summed E-state index contributed by atoms with van der Waals surface area (Å²) in [4.78, 5) is 23.6. The number of nitrogens with zero attached hydrogens (tertiary/aromatic N) is 1. The summed E-state index contributed by atoms with van der Waals surface area (Å²) in [5.74, 6) is -0.391. The Kier molecular flexibility index (Phi) is 7.35. The molecule has 2 aromatic carbocycles. The third kappa shape index (κ3) is 6.95. The van der Waals surface area contributed by atoms with E-state index in [1.165, 1.54) is 18.3 Å². The summed E-state index contributed by atoms with van der Waals surface area (Å²) in [6.07, 6.45) is -3.43. The van der Waals surface area contributed by atoms with Crippen molar-refractivity contribution in [3.8, 4) is 5.75 Å². The maximum absolute atomic E-state index is 12.7. The first-order valence-corrected chi connectivity index (χ1v) is 8.62. The van der Waals surface area contributed by atoms with Crippen molar-refractivity contribution in [2.24, 2.45) is 5.10 Å². The maximum atomic E-state index is 12.7. The number of carbonyl (C=O) groups is 2. The lowest BCUT2D eigenvalue weighted by molar-refractivity contribution is -0.137. The minimum Gasteiger partial charge on any atom is -0.496 e. The summed E-state index contributed by atoms with van der Waals surface area (Å²) in [6, 6.07) is 9.68. The Morgan fingerprint density at radius 2 is 1.83 bits per heavy atom. The Labute approximate surface area is 165 Å². The van der Waals surface area contributed by atoms with Gasteiger partial charge in [-0.1, -0.05) is 18.2 Å². The van der Waals surface area contributed by atoms with Gasteiger partial charge in [-0.15, -0.1) is 0 Å². The van der Waals surface area contributed by atoms with Crippen molar-refractivity contribution in [3.05, 3.63) is 59.2 Å². The summed E-state index contributed by atoms with van der Waals surface area (Å²) in [5.41, 5.74) is 3.11. The van der Waals surface area contributed by atoms with E-state index in [1.807, 2.05) is 13.0 Å². The molecule has 0 aliphatic heterocycles. The molecule has 9 heteroatoms. The van der Waals surface area contributed by atoms with Crippen molar-refractivity contribution in [2.75, 3.05) is 12.4 Å². The average molecular weight is 407 g/mol. The lowest BCUT2D eigenvalue weighted by atomic mass is 10.1. The molecule has 0 spiro atoms. The van der Waals surface area contributed by atoms with Gasteiger partial charge in [-0.2, -0.15) is 18.3 Å². The molecule has 0 aromatic heterocycles. The first-order chi connectivity index (χ1) is 13.7. The molecule has 0 heterocycles. The summed E-state index contributed by atoms with van der Waals surface area (Å²) in [6.45, 7) is 1.89. The van der Waals surface area contributed by atoms with Crippen LogP contribution in [-0.4, -0.2) is 25.1 Å². The standard InChI is InChI=1S/C20H20F3N3O3/c1-13-6-7-14(10-17(13)29-2)12-24-26-19(28)9-8-18(27)25-16-5-3-4-15(11-16)20(21,22)23/h3-7,10-12H,8-9H2,1-2H3,(H,25,27)(H,26,28). The molecule has 0 aliphatic rings. The molecule has 29 heavy (non-hydrogen) atoms. The lowest BCUT2D eigenvalue weighted by Crippen LogP contribution is -2.20. The number of halogens is 3. The van der Waals surface area contributed by atoms with Gasteiger partial charge < -0.3 is 10.1 Å². The normalized spacial score (nSPS) is 11.3. The van der Waals surface area contributed by atoms with Gasteiger partial charge in [0.15, 0.2) is 0 Å². The molecule has 2 N–H and O–H groups in total. The number of alkyl halides is 3. The monoisotopic (exact) mass is 407 g/mol. The Bertz CT molecular complexity index is 911. The number of benzene rings is 2. The van der Waals surface area contributed by atoms with Gasteiger partial charge in [-0.25, -0.2) is 5.43 Å². The molecule has 2 aromatic rings. The fourth-order valence-corrected chi connectivity index (χ4v) is 2.38. The Balaban J connectivity index is 1.81. The van der Waals surface area contributed by atoms with Crippen LogP contribution in [0, 0.1) is 6.92 Å². The highest BCUT2D eigenvalue weighted by molar-refractivity contribution is 5.93. The van der Waals surface area contributed by atoms with E-state index in [-0.39, 0.29) is 18.5 Å². The van der Waals surface area contributed by atoms with E-state index in [4.69, 9.17) is 4.74 Å². The van der Waals surface area contributed by atoms with Crippen LogP contribution in [0.4, 0.5) is 18.9 Å². The number of nitrogens with one attached hydrogen (secondary N) is 2. The summed E-state index contributed by atoms with van der Waals surface area (Å²) >= 11 is 0. The van der Waals surface area contributed by atoms with Gasteiger partial charge in [0.2, 0.25) is 11.8 Å². The Morgan fingerprint density at radius 1 is 1.10 bits per heavy atom. The molecule has 0 saturated heterocycles. The molecular weight excluding hydrogens is 387 g/mol. The largest absolute Gasteiger partial charge is 0.496 e. The Hall–Kier alpha value is -3.36.